The lowest BCUT2D eigenvalue weighted by molar-refractivity contribution is -0.114. The molecule has 0 saturated heterocycles. The van der Waals surface area contributed by atoms with Crippen molar-refractivity contribution in [3.05, 3.63) is 75.7 Å². The van der Waals surface area contributed by atoms with Gasteiger partial charge in [-0.25, -0.2) is 4.98 Å². The van der Waals surface area contributed by atoms with Gasteiger partial charge < -0.3 is 15.4 Å². The van der Waals surface area contributed by atoms with Crippen molar-refractivity contribution in [2.45, 2.75) is 27.4 Å². The standard InChI is InChI=1S/C23H23N3O3S/c1-15-4-10-21(24-16(2)27)22(12-15)26-23(28)11-7-18-5-8-20(9-6-18)29-13-19-14-30-17(3)25-19/h4-12,14H,13H2,1-3H3,(H,24,27)(H,26,28)/b11-7+. The van der Waals surface area contributed by atoms with Gasteiger partial charge >= 0.3 is 0 Å². The quantitative estimate of drug-likeness (QED) is 0.529. The Hall–Kier alpha value is -3.45. The van der Waals surface area contributed by atoms with Gasteiger partial charge in [-0.15, -0.1) is 11.3 Å². The highest BCUT2D eigenvalue weighted by atomic mass is 32.1. The Morgan fingerprint density at radius 2 is 1.83 bits per heavy atom. The fraction of sp³-hybridized carbons (Fsp3) is 0.174. The first-order chi connectivity index (χ1) is 14.4. The number of ether oxygens (including phenoxy) is 1. The molecular weight excluding hydrogens is 398 g/mol. The van der Waals surface area contributed by atoms with Gasteiger partial charge in [-0.2, -0.15) is 0 Å². The van der Waals surface area contributed by atoms with Crippen LogP contribution < -0.4 is 15.4 Å². The van der Waals surface area contributed by atoms with Crippen LogP contribution in [-0.2, 0) is 16.2 Å². The zero-order chi connectivity index (χ0) is 21.5. The molecule has 0 bridgehead atoms. The predicted molar refractivity (Wildman–Crippen MR) is 121 cm³/mol. The average Bonchev–Trinajstić information content (AvgIpc) is 3.12. The lowest BCUT2D eigenvalue weighted by Crippen LogP contribution is -2.13. The first-order valence-electron chi connectivity index (χ1n) is 9.40. The van der Waals surface area contributed by atoms with Crippen molar-refractivity contribution in [3.63, 3.8) is 0 Å². The fourth-order valence-corrected chi connectivity index (χ4v) is 3.31. The molecule has 7 heteroatoms. The minimum atomic E-state index is -0.286. The van der Waals surface area contributed by atoms with Crippen molar-refractivity contribution in [2.24, 2.45) is 0 Å². The summed E-state index contributed by atoms with van der Waals surface area (Å²) in [5, 5.41) is 8.52. The topological polar surface area (TPSA) is 80.3 Å². The van der Waals surface area contributed by atoms with Crippen molar-refractivity contribution in [3.8, 4) is 5.75 Å². The van der Waals surface area contributed by atoms with Crippen LogP contribution in [-0.4, -0.2) is 16.8 Å². The Kier molecular flexibility index (Phi) is 6.98. The number of rotatable bonds is 7. The van der Waals surface area contributed by atoms with Crippen LogP contribution in [0.25, 0.3) is 6.08 Å². The van der Waals surface area contributed by atoms with Crippen LogP contribution in [0.4, 0.5) is 11.4 Å². The minimum Gasteiger partial charge on any atom is -0.487 e. The zero-order valence-electron chi connectivity index (χ0n) is 17.1. The Labute approximate surface area is 179 Å². The van der Waals surface area contributed by atoms with Crippen LogP contribution in [0.3, 0.4) is 0 Å². The molecule has 1 aromatic heterocycles. The Morgan fingerprint density at radius 1 is 1.07 bits per heavy atom. The maximum absolute atomic E-state index is 12.3. The van der Waals surface area contributed by atoms with Gasteiger partial charge in [0, 0.05) is 18.4 Å². The molecular formula is C23H23N3O3S. The molecule has 0 unspecified atom stereocenters. The lowest BCUT2D eigenvalue weighted by atomic mass is 10.1. The lowest BCUT2D eigenvalue weighted by Gasteiger charge is -2.11. The molecule has 154 valence electrons. The van der Waals surface area contributed by atoms with Crippen LogP contribution in [0, 0.1) is 13.8 Å². The van der Waals surface area contributed by atoms with Crippen LogP contribution in [0.2, 0.25) is 0 Å². The average molecular weight is 422 g/mol. The molecule has 3 rings (SSSR count). The molecule has 2 amide bonds. The maximum atomic E-state index is 12.3. The third kappa shape index (κ3) is 6.28. The molecule has 0 fully saturated rings. The molecule has 0 spiro atoms. The second kappa shape index (κ2) is 9.84. The number of nitrogens with one attached hydrogen (secondary N) is 2. The Morgan fingerprint density at radius 3 is 2.50 bits per heavy atom. The summed E-state index contributed by atoms with van der Waals surface area (Å²) >= 11 is 1.60. The van der Waals surface area contributed by atoms with Crippen LogP contribution >= 0.6 is 11.3 Å². The summed E-state index contributed by atoms with van der Waals surface area (Å²) in [5.41, 5.74) is 3.88. The van der Waals surface area contributed by atoms with Gasteiger partial charge in [0.1, 0.15) is 12.4 Å². The van der Waals surface area contributed by atoms with E-state index in [-0.39, 0.29) is 11.8 Å². The number of aromatic nitrogens is 1. The van der Waals surface area contributed by atoms with Gasteiger partial charge in [0.25, 0.3) is 0 Å². The van der Waals surface area contributed by atoms with E-state index in [0.29, 0.717) is 18.0 Å². The molecule has 0 atom stereocenters. The van der Waals surface area contributed by atoms with E-state index in [1.165, 1.54) is 13.0 Å². The van der Waals surface area contributed by atoms with E-state index >= 15 is 0 Å². The summed E-state index contributed by atoms with van der Waals surface area (Å²) < 4.78 is 5.73. The first-order valence-corrected chi connectivity index (χ1v) is 10.3. The highest BCUT2D eigenvalue weighted by Crippen LogP contribution is 2.23. The van der Waals surface area contributed by atoms with E-state index in [4.69, 9.17) is 4.74 Å². The molecule has 1 heterocycles. The van der Waals surface area contributed by atoms with Gasteiger partial charge in [0.15, 0.2) is 0 Å². The monoisotopic (exact) mass is 421 g/mol. The SMILES string of the molecule is CC(=O)Nc1ccc(C)cc1NC(=O)/C=C/c1ccc(OCc2csc(C)n2)cc1. The highest BCUT2D eigenvalue weighted by molar-refractivity contribution is 7.09. The summed E-state index contributed by atoms with van der Waals surface area (Å²) in [6.07, 6.45) is 3.17. The van der Waals surface area contributed by atoms with E-state index < -0.39 is 0 Å². The van der Waals surface area contributed by atoms with Gasteiger partial charge in [-0.1, -0.05) is 18.2 Å². The molecule has 2 N–H and O–H groups in total. The van der Waals surface area contributed by atoms with Crippen molar-refractivity contribution >= 4 is 40.6 Å². The number of carbonyl (C=O) groups excluding carboxylic acids is 2. The summed E-state index contributed by atoms with van der Waals surface area (Å²) in [7, 11) is 0. The van der Waals surface area contributed by atoms with E-state index in [1.54, 1.807) is 23.5 Å². The number of hydrogen-bond donors (Lipinski definition) is 2. The van der Waals surface area contributed by atoms with E-state index in [0.717, 1.165) is 27.6 Å². The summed E-state index contributed by atoms with van der Waals surface area (Å²) in [4.78, 5) is 28.0. The third-order valence-corrected chi connectivity index (χ3v) is 4.93. The molecule has 0 aliphatic heterocycles. The summed E-state index contributed by atoms with van der Waals surface area (Å²) in [5.74, 6) is 0.255. The van der Waals surface area contributed by atoms with Crippen molar-refractivity contribution in [1.82, 2.24) is 4.98 Å². The number of aryl methyl sites for hydroxylation is 2. The largest absolute Gasteiger partial charge is 0.487 e. The second-order valence-corrected chi connectivity index (χ2v) is 7.83. The Balaban J connectivity index is 1.58. The molecule has 0 aliphatic rings. The third-order valence-electron chi connectivity index (χ3n) is 4.10. The van der Waals surface area contributed by atoms with Crippen molar-refractivity contribution in [2.75, 3.05) is 10.6 Å². The van der Waals surface area contributed by atoms with Crippen LogP contribution in [0.5, 0.6) is 5.75 Å². The zero-order valence-corrected chi connectivity index (χ0v) is 17.9. The van der Waals surface area contributed by atoms with Crippen LogP contribution in [0.15, 0.2) is 53.9 Å². The Bertz CT molecular complexity index is 1070. The number of amides is 2. The van der Waals surface area contributed by atoms with E-state index in [9.17, 15) is 9.59 Å². The molecule has 2 aromatic carbocycles. The number of benzene rings is 2. The molecule has 30 heavy (non-hydrogen) atoms. The number of nitrogens with zero attached hydrogens (tertiary/aromatic N) is 1. The van der Waals surface area contributed by atoms with Gasteiger partial charge in [-0.05, 0) is 55.3 Å². The van der Waals surface area contributed by atoms with Gasteiger partial charge in [0.05, 0.1) is 22.1 Å². The fourth-order valence-electron chi connectivity index (χ4n) is 2.71. The smallest absolute Gasteiger partial charge is 0.248 e. The second-order valence-electron chi connectivity index (χ2n) is 6.77. The number of thiazole rings is 1. The molecule has 0 aliphatic carbocycles. The van der Waals surface area contributed by atoms with E-state index in [2.05, 4.69) is 15.6 Å². The first kappa shape index (κ1) is 21.3. The highest BCUT2D eigenvalue weighted by Gasteiger charge is 2.07. The summed E-state index contributed by atoms with van der Waals surface area (Å²) in [6.45, 7) is 5.74. The van der Waals surface area contributed by atoms with E-state index in [1.807, 2.05) is 55.6 Å². The van der Waals surface area contributed by atoms with Crippen molar-refractivity contribution in [1.29, 1.82) is 0 Å². The normalized spacial score (nSPS) is 10.8. The molecule has 6 nitrogen and oxygen atoms in total. The molecule has 3 aromatic rings. The van der Waals surface area contributed by atoms with Gasteiger partial charge in [0.2, 0.25) is 11.8 Å². The predicted octanol–water partition coefficient (Wildman–Crippen LogP) is 4.95. The minimum absolute atomic E-state index is 0.197. The number of anilines is 2. The maximum Gasteiger partial charge on any atom is 0.248 e. The van der Waals surface area contributed by atoms with Crippen LogP contribution in [0.1, 0.15) is 28.8 Å². The number of carbonyl (C=O) groups is 2. The molecule has 0 saturated carbocycles. The van der Waals surface area contributed by atoms with Crippen molar-refractivity contribution < 1.29 is 14.3 Å². The van der Waals surface area contributed by atoms with Gasteiger partial charge in [-0.3, -0.25) is 9.59 Å². The number of hydrogen-bond acceptors (Lipinski definition) is 5. The molecule has 0 radical (unpaired) electrons. The summed E-state index contributed by atoms with van der Waals surface area (Å²) in [6, 6.07) is 12.9.